The van der Waals surface area contributed by atoms with Crippen LogP contribution in [0.2, 0.25) is 0 Å². The fourth-order valence-corrected chi connectivity index (χ4v) is 2.59. The smallest absolute Gasteiger partial charge is 0.346 e. The minimum atomic E-state index is -1.28. The average Bonchev–Trinajstić information content (AvgIpc) is 2.72. The third-order valence-electron chi connectivity index (χ3n) is 4.04. The van der Waals surface area contributed by atoms with Crippen LogP contribution in [0, 0.1) is 21.4 Å². The topological polar surface area (TPSA) is 141 Å². The first-order chi connectivity index (χ1) is 13.9. The predicted octanol–water partition coefficient (Wildman–Crippen LogP) is 2.42. The summed E-state index contributed by atoms with van der Waals surface area (Å²) in [5.74, 6) is -1.43. The number of nitrogens with zero attached hydrogens (tertiary/aromatic N) is 2. The second-order valence-electron chi connectivity index (χ2n) is 5.96. The molecule has 1 N–H and O–H groups in total. The van der Waals surface area contributed by atoms with Crippen molar-refractivity contribution in [3.63, 3.8) is 0 Å². The summed E-state index contributed by atoms with van der Waals surface area (Å²) in [6.07, 6.45) is -1.28. The number of nitrogens with one attached hydrogen (secondary N) is 1. The number of fused-ring (bicyclic) bond motifs is 1. The molecule has 0 unspecified atom stereocenters. The Morgan fingerprint density at radius 1 is 1.24 bits per heavy atom. The van der Waals surface area contributed by atoms with Crippen LogP contribution in [0.5, 0.6) is 11.5 Å². The Morgan fingerprint density at radius 2 is 1.90 bits per heavy atom. The van der Waals surface area contributed by atoms with Crippen LogP contribution in [0.15, 0.2) is 36.4 Å². The first-order valence-corrected chi connectivity index (χ1v) is 8.49. The highest BCUT2D eigenvalue weighted by Gasteiger charge is 2.29. The molecule has 10 nitrogen and oxygen atoms in total. The van der Waals surface area contributed by atoms with Crippen LogP contribution in [0.3, 0.4) is 0 Å². The SMILES string of the molecule is C[C@@H](OC(=O)c1cc2c(cc1[N+](=O)[O-])OCCO2)C(=O)Nc1ccccc1C#N. The Bertz CT molecular complexity index is 1030. The third-order valence-corrected chi connectivity index (χ3v) is 4.04. The summed E-state index contributed by atoms with van der Waals surface area (Å²) in [5, 5.41) is 22.9. The van der Waals surface area contributed by atoms with Gasteiger partial charge in [-0.2, -0.15) is 5.26 Å². The molecule has 3 rings (SSSR count). The third kappa shape index (κ3) is 4.24. The second kappa shape index (κ2) is 8.26. The van der Waals surface area contributed by atoms with Crippen molar-refractivity contribution in [2.75, 3.05) is 18.5 Å². The van der Waals surface area contributed by atoms with Gasteiger partial charge in [0.25, 0.3) is 11.6 Å². The number of anilines is 1. The standard InChI is InChI=1S/C19H15N3O7/c1-11(18(23)21-14-5-3-2-4-12(14)10-20)29-19(24)13-8-16-17(28-7-6-27-16)9-15(13)22(25)26/h2-5,8-9,11H,6-7H2,1H3,(H,21,23)/t11-/m1/s1. The lowest BCUT2D eigenvalue weighted by atomic mass is 10.1. The number of hydrogen-bond donors (Lipinski definition) is 1. The minimum Gasteiger partial charge on any atom is -0.486 e. The Kier molecular flexibility index (Phi) is 5.59. The molecular weight excluding hydrogens is 382 g/mol. The van der Waals surface area contributed by atoms with E-state index in [4.69, 9.17) is 19.5 Å². The molecule has 10 heteroatoms. The molecule has 0 aliphatic carbocycles. The summed E-state index contributed by atoms with van der Waals surface area (Å²) in [6, 6.07) is 10.5. The zero-order valence-electron chi connectivity index (χ0n) is 15.2. The van der Waals surface area contributed by atoms with Gasteiger partial charge < -0.3 is 19.5 Å². The van der Waals surface area contributed by atoms with E-state index in [9.17, 15) is 19.7 Å². The van der Waals surface area contributed by atoms with E-state index in [1.165, 1.54) is 19.1 Å². The molecule has 1 amide bonds. The van der Waals surface area contributed by atoms with Crippen molar-refractivity contribution < 1.29 is 28.7 Å². The number of carbonyl (C=O) groups is 2. The van der Waals surface area contributed by atoms with Crippen LogP contribution in [-0.2, 0) is 9.53 Å². The van der Waals surface area contributed by atoms with Crippen molar-refractivity contribution >= 4 is 23.3 Å². The highest BCUT2D eigenvalue weighted by molar-refractivity contribution is 5.99. The Labute approximate surface area is 164 Å². The van der Waals surface area contributed by atoms with E-state index in [1.54, 1.807) is 12.1 Å². The molecule has 1 aliphatic heterocycles. The van der Waals surface area contributed by atoms with Crippen LogP contribution in [0.4, 0.5) is 11.4 Å². The number of nitriles is 1. The first-order valence-electron chi connectivity index (χ1n) is 8.49. The van der Waals surface area contributed by atoms with Crippen molar-refractivity contribution in [1.82, 2.24) is 0 Å². The molecule has 0 saturated heterocycles. The Hall–Kier alpha value is -4.13. The molecule has 29 heavy (non-hydrogen) atoms. The molecule has 0 bridgehead atoms. The number of hydrogen-bond acceptors (Lipinski definition) is 8. The zero-order chi connectivity index (χ0) is 21.0. The van der Waals surface area contributed by atoms with Gasteiger partial charge in [0.2, 0.25) is 0 Å². The summed E-state index contributed by atoms with van der Waals surface area (Å²) < 4.78 is 15.7. The van der Waals surface area contributed by atoms with E-state index in [2.05, 4.69) is 5.32 Å². The molecular formula is C19H15N3O7. The van der Waals surface area contributed by atoms with Crippen molar-refractivity contribution in [1.29, 1.82) is 5.26 Å². The van der Waals surface area contributed by atoms with Crippen LogP contribution < -0.4 is 14.8 Å². The van der Waals surface area contributed by atoms with E-state index >= 15 is 0 Å². The Balaban J connectivity index is 1.78. The molecule has 0 saturated carbocycles. The largest absolute Gasteiger partial charge is 0.486 e. The summed E-state index contributed by atoms with van der Waals surface area (Å²) in [7, 11) is 0. The highest BCUT2D eigenvalue weighted by Crippen LogP contribution is 2.37. The lowest BCUT2D eigenvalue weighted by molar-refractivity contribution is -0.385. The number of para-hydroxylation sites is 1. The van der Waals surface area contributed by atoms with Crippen LogP contribution in [0.25, 0.3) is 0 Å². The number of nitro benzene ring substituents is 1. The normalized spacial score (nSPS) is 13.0. The van der Waals surface area contributed by atoms with Gasteiger partial charge in [0.05, 0.1) is 22.2 Å². The fourth-order valence-electron chi connectivity index (χ4n) is 2.59. The molecule has 0 radical (unpaired) electrons. The minimum absolute atomic E-state index is 0.151. The molecule has 1 atom stereocenters. The van der Waals surface area contributed by atoms with Gasteiger partial charge in [0.1, 0.15) is 24.8 Å². The van der Waals surface area contributed by atoms with Crippen molar-refractivity contribution in [3.05, 3.63) is 57.6 Å². The van der Waals surface area contributed by atoms with Gasteiger partial charge >= 0.3 is 5.97 Å². The monoisotopic (exact) mass is 397 g/mol. The summed E-state index contributed by atoms with van der Waals surface area (Å²) in [4.78, 5) is 35.4. The maximum atomic E-state index is 12.5. The number of rotatable bonds is 5. The van der Waals surface area contributed by atoms with Gasteiger partial charge in [0, 0.05) is 6.07 Å². The van der Waals surface area contributed by atoms with E-state index in [-0.39, 0.29) is 41.5 Å². The lowest BCUT2D eigenvalue weighted by Crippen LogP contribution is -2.30. The first kappa shape index (κ1) is 19.6. The van der Waals surface area contributed by atoms with E-state index < -0.39 is 28.6 Å². The molecule has 2 aromatic rings. The summed E-state index contributed by atoms with van der Waals surface area (Å²) >= 11 is 0. The molecule has 0 aromatic heterocycles. The number of nitro groups is 1. The summed E-state index contributed by atoms with van der Waals surface area (Å²) in [5.41, 5.74) is -0.395. The predicted molar refractivity (Wildman–Crippen MR) is 98.8 cm³/mol. The summed E-state index contributed by atoms with van der Waals surface area (Å²) in [6.45, 7) is 1.78. The van der Waals surface area contributed by atoms with Crippen molar-refractivity contribution in [3.8, 4) is 17.6 Å². The zero-order valence-corrected chi connectivity index (χ0v) is 15.2. The van der Waals surface area contributed by atoms with Gasteiger partial charge in [0.15, 0.2) is 17.6 Å². The molecule has 2 aromatic carbocycles. The number of carbonyl (C=O) groups excluding carboxylic acids is 2. The van der Waals surface area contributed by atoms with Crippen LogP contribution in [0.1, 0.15) is 22.8 Å². The van der Waals surface area contributed by atoms with Gasteiger partial charge in [-0.25, -0.2) is 4.79 Å². The highest BCUT2D eigenvalue weighted by atomic mass is 16.6. The molecule has 1 heterocycles. The van der Waals surface area contributed by atoms with E-state index in [1.807, 2.05) is 6.07 Å². The van der Waals surface area contributed by atoms with Gasteiger partial charge in [-0.3, -0.25) is 14.9 Å². The molecule has 0 fully saturated rings. The average molecular weight is 397 g/mol. The fraction of sp³-hybridized carbons (Fsp3) is 0.211. The van der Waals surface area contributed by atoms with Gasteiger partial charge in [-0.15, -0.1) is 0 Å². The van der Waals surface area contributed by atoms with E-state index in [0.29, 0.717) is 0 Å². The maximum absolute atomic E-state index is 12.5. The van der Waals surface area contributed by atoms with Crippen LogP contribution in [-0.4, -0.2) is 36.1 Å². The van der Waals surface area contributed by atoms with Gasteiger partial charge in [-0.05, 0) is 19.1 Å². The quantitative estimate of drug-likeness (QED) is 0.461. The maximum Gasteiger partial charge on any atom is 0.346 e. The van der Waals surface area contributed by atoms with Gasteiger partial charge in [-0.1, -0.05) is 12.1 Å². The number of benzene rings is 2. The number of ether oxygens (including phenoxy) is 3. The van der Waals surface area contributed by atoms with E-state index in [0.717, 1.165) is 12.1 Å². The van der Waals surface area contributed by atoms with Crippen molar-refractivity contribution in [2.24, 2.45) is 0 Å². The van der Waals surface area contributed by atoms with Crippen molar-refractivity contribution in [2.45, 2.75) is 13.0 Å². The number of esters is 1. The van der Waals surface area contributed by atoms with Crippen LogP contribution >= 0.6 is 0 Å². The molecule has 0 spiro atoms. The second-order valence-corrected chi connectivity index (χ2v) is 5.96. The Morgan fingerprint density at radius 3 is 2.55 bits per heavy atom. The lowest BCUT2D eigenvalue weighted by Gasteiger charge is -2.19. The number of amides is 1. The molecule has 1 aliphatic rings. The molecule has 148 valence electrons.